The molecule has 3 atom stereocenters. The molecule has 5 amide bonds. The van der Waals surface area contributed by atoms with Gasteiger partial charge in [0.1, 0.15) is 28.6 Å². The Balaban J connectivity index is 0.824. The number of fused-ring (bicyclic) bond motifs is 1. The zero-order chi connectivity index (χ0) is 40.2. The summed E-state index contributed by atoms with van der Waals surface area (Å²) < 4.78 is 14.9. The van der Waals surface area contributed by atoms with Gasteiger partial charge in [-0.15, -0.1) is 5.10 Å². The van der Waals surface area contributed by atoms with Gasteiger partial charge in [0.25, 0.3) is 23.3 Å². The van der Waals surface area contributed by atoms with Crippen molar-refractivity contribution in [1.82, 2.24) is 45.2 Å². The van der Waals surface area contributed by atoms with Crippen molar-refractivity contribution in [3.63, 3.8) is 0 Å². The fourth-order valence-corrected chi connectivity index (χ4v) is 7.75. The zero-order valence-electron chi connectivity index (χ0n) is 31.3. The van der Waals surface area contributed by atoms with Gasteiger partial charge in [0.05, 0.1) is 49.0 Å². The number of carbonyl (C=O) groups is 5. The molecule has 19 heteroatoms. The van der Waals surface area contributed by atoms with E-state index < -0.39 is 29.7 Å². The molecule has 0 radical (unpaired) electrons. The lowest BCUT2D eigenvalue weighted by Crippen LogP contribution is -2.54. The predicted molar refractivity (Wildman–Crippen MR) is 207 cm³/mol. The molecule has 57 heavy (non-hydrogen) atoms. The van der Waals surface area contributed by atoms with Gasteiger partial charge in [0.2, 0.25) is 11.8 Å². The number of aryl methyl sites for hydroxylation is 1. The summed E-state index contributed by atoms with van der Waals surface area (Å²) >= 11 is 3.39. The fourth-order valence-electron chi connectivity index (χ4n) is 7.27. The van der Waals surface area contributed by atoms with E-state index in [0.29, 0.717) is 41.1 Å². The highest BCUT2D eigenvalue weighted by atomic mass is 79.9. The second-order valence-corrected chi connectivity index (χ2v) is 15.0. The molecule has 0 bridgehead atoms. The standard InChI is InChI=1S/C38H41BrN10O8/c1-46-18-24(16-25(19-46)42-28-17-41-47(2)38(55)33(28)39)22-6-8-23(9-7-22)34(51)40-12-14-56-15-13-48-20-26(44-45-48)21-57-30-5-3-4-27-32(30)37(54)49(36(27)53)29-10-11-31(50)43-35(29)52/h3-9,17,20,24-25,29,42H,10-16,18-19,21H2,1-2H3,(H,40,51)(H,43,50,52)/t24-,25+,29?/m1/s1. The molecule has 1 unspecified atom stereocenters. The minimum absolute atomic E-state index is 0.0278. The van der Waals surface area contributed by atoms with Crippen LogP contribution in [-0.2, 0) is 34.5 Å². The number of anilines is 1. The summed E-state index contributed by atoms with van der Waals surface area (Å²) in [5.74, 6) is -2.20. The summed E-state index contributed by atoms with van der Waals surface area (Å²) in [5.41, 5.74) is 2.79. The number of amides is 5. The van der Waals surface area contributed by atoms with Crippen LogP contribution in [0.4, 0.5) is 5.69 Å². The molecular formula is C38H41BrN10O8. The van der Waals surface area contributed by atoms with Gasteiger partial charge in [-0.05, 0) is 71.6 Å². The van der Waals surface area contributed by atoms with Crippen molar-refractivity contribution in [1.29, 1.82) is 0 Å². The lowest BCUT2D eigenvalue weighted by Gasteiger charge is -2.37. The zero-order valence-corrected chi connectivity index (χ0v) is 32.9. The van der Waals surface area contributed by atoms with Gasteiger partial charge in [-0.1, -0.05) is 23.4 Å². The van der Waals surface area contributed by atoms with Gasteiger partial charge >= 0.3 is 0 Å². The average molecular weight is 846 g/mol. The van der Waals surface area contributed by atoms with Crippen LogP contribution in [0.3, 0.4) is 0 Å². The lowest BCUT2D eigenvalue weighted by atomic mass is 9.87. The number of hydrogen-bond acceptors (Lipinski definition) is 13. The van der Waals surface area contributed by atoms with Crippen LogP contribution in [0.25, 0.3) is 0 Å². The lowest BCUT2D eigenvalue weighted by molar-refractivity contribution is -0.136. The molecule has 2 saturated heterocycles. The second kappa shape index (κ2) is 17.1. The Kier molecular flexibility index (Phi) is 11.9. The summed E-state index contributed by atoms with van der Waals surface area (Å²) in [7, 11) is 3.68. The molecule has 3 N–H and O–H groups in total. The summed E-state index contributed by atoms with van der Waals surface area (Å²) in [5, 5.41) is 20.9. The molecule has 0 aliphatic carbocycles. The van der Waals surface area contributed by atoms with Gasteiger partial charge in [0, 0.05) is 44.7 Å². The highest BCUT2D eigenvalue weighted by Gasteiger charge is 2.46. The Morgan fingerprint density at radius 2 is 1.82 bits per heavy atom. The van der Waals surface area contributed by atoms with E-state index in [4.69, 9.17) is 9.47 Å². The number of halogens is 1. The van der Waals surface area contributed by atoms with Gasteiger partial charge in [-0.25, -0.2) is 9.36 Å². The van der Waals surface area contributed by atoms with Crippen LogP contribution < -0.4 is 26.2 Å². The van der Waals surface area contributed by atoms with Crippen molar-refractivity contribution in [3.8, 4) is 5.75 Å². The summed E-state index contributed by atoms with van der Waals surface area (Å²) in [4.78, 5) is 78.6. The molecule has 2 fully saturated rings. The van der Waals surface area contributed by atoms with Crippen LogP contribution in [0.1, 0.15) is 67.5 Å². The molecule has 4 aromatic rings. The molecule has 18 nitrogen and oxygen atoms in total. The van der Waals surface area contributed by atoms with Crippen molar-refractivity contribution in [2.75, 3.05) is 45.2 Å². The van der Waals surface area contributed by atoms with Crippen LogP contribution >= 0.6 is 15.9 Å². The SMILES string of the molecule is CN1C[C@@H](Nc2cnn(C)c(=O)c2Br)C[C@@H](c2ccc(C(=O)NCCOCCn3cc(COc4cccc5c4C(=O)N(C4CCC(=O)NC4=O)C5=O)nn3)cc2)C1. The maximum Gasteiger partial charge on any atom is 0.282 e. The number of rotatable bonds is 14. The van der Waals surface area contributed by atoms with E-state index in [9.17, 15) is 28.8 Å². The second-order valence-electron chi connectivity index (χ2n) is 14.2. The predicted octanol–water partition coefficient (Wildman–Crippen LogP) is 1.46. The Hall–Kier alpha value is -5.79. The summed E-state index contributed by atoms with van der Waals surface area (Å²) in [6.07, 6.45) is 4.26. The number of ether oxygens (including phenoxy) is 2. The van der Waals surface area contributed by atoms with Crippen LogP contribution in [-0.4, -0.2) is 116 Å². The van der Waals surface area contributed by atoms with E-state index in [0.717, 1.165) is 30.0 Å². The number of nitrogens with one attached hydrogen (secondary N) is 3. The van der Waals surface area contributed by atoms with E-state index in [1.165, 1.54) is 10.7 Å². The van der Waals surface area contributed by atoms with Crippen molar-refractivity contribution in [2.24, 2.45) is 7.05 Å². The topological polar surface area (TPSA) is 212 Å². The Morgan fingerprint density at radius 3 is 2.61 bits per heavy atom. The molecule has 0 spiro atoms. The summed E-state index contributed by atoms with van der Waals surface area (Å²) in [6, 6.07) is 11.3. The maximum absolute atomic E-state index is 13.3. The van der Waals surface area contributed by atoms with E-state index >= 15 is 0 Å². The average Bonchev–Trinajstić information content (AvgIpc) is 3.76. The molecule has 0 saturated carbocycles. The number of carbonyl (C=O) groups excluding carboxylic acids is 5. The Bertz CT molecular complexity index is 2260. The number of nitrogens with zero attached hydrogens (tertiary/aromatic N) is 7. The molecule has 2 aromatic heterocycles. The maximum atomic E-state index is 13.3. The number of benzene rings is 2. The van der Waals surface area contributed by atoms with Crippen LogP contribution in [0, 0.1) is 0 Å². The number of imide groups is 2. The highest BCUT2D eigenvalue weighted by molar-refractivity contribution is 9.10. The van der Waals surface area contributed by atoms with Crippen LogP contribution in [0.5, 0.6) is 5.75 Å². The van der Waals surface area contributed by atoms with Crippen molar-refractivity contribution in [2.45, 2.75) is 50.4 Å². The number of likely N-dealkylation sites (N-methyl/N-ethyl adjacent to an activating group) is 1. The third kappa shape index (κ3) is 8.79. The first-order valence-corrected chi connectivity index (χ1v) is 19.2. The van der Waals surface area contributed by atoms with Gasteiger partial charge in [-0.2, -0.15) is 5.10 Å². The minimum Gasteiger partial charge on any atom is -0.486 e. The molecule has 7 rings (SSSR count). The number of likely N-dealkylation sites (tertiary alicyclic amines) is 1. The fraction of sp³-hybridized carbons (Fsp3) is 0.395. The van der Waals surface area contributed by atoms with Crippen molar-refractivity contribution in [3.05, 3.63) is 97.6 Å². The minimum atomic E-state index is -1.07. The first-order valence-electron chi connectivity index (χ1n) is 18.5. The Morgan fingerprint density at radius 1 is 1.02 bits per heavy atom. The molecule has 3 aliphatic heterocycles. The largest absolute Gasteiger partial charge is 0.486 e. The summed E-state index contributed by atoms with van der Waals surface area (Å²) in [6.45, 7) is 2.96. The smallest absolute Gasteiger partial charge is 0.282 e. The Labute approximate surface area is 335 Å². The van der Waals surface area contributed by atoms with Crippen LogP contribution in [0.15, 0.2) is 64.1 Å². The first kappa shape index (κ1) is 39.4. The van der Waals surface area contributed by atoms with E-state index in [2.05, 4.69) is 59.2 Å². The molecule has 3 aliphatic rings. The van der Waals surface area contributed by atoms with Crippen molar-refractivity contribution >= 4 is 51.2 Å². The third-order valence-electron chi connectivity index (χ3n) is 10.1. The van der Waals surface area contributed by atoms with E-state index in [-0.39, 0.29) is 66.4 Å². The quantitative estimate of drug-likeness (QED) is 0.121. The molecule has 5 heterocycles. The molecule has 2 aromatic carbocycles. The van der Waals surface area contributed by atoms with E-state index in [1.54, 1.807) is 36.3 Å². The molecule has 298 valence electrons. The van der Waals surface area contributed by atoms with Crippen LogP contribution in [0.2, 0.25) is 0 Å². The van der Waals surface area contributed by atoms with Gasteiger partial charge in [-0.3, -0.25) is 39.0 Å². The van der Waals surface area contributed by atoms with E-state index in [1.807, 2.05) is 24.3 Å². The normalized spacial score (nSPS) is 19.7. The first-order chi connectivity index (χ1) is 27.5. The van der Waals surface area contributed by atoms with Gasteiger partial charge < -0.3 is 25.0 Å². The molecular weight excluding hydrogens is 804 g/mol. The number of aromatic nitrogens is 5. The number of piperidine rings is 2. The highest BCUT2D eigenvalue weighted by Crippen LogP contribution is 2.34. The third-order valence-corrected chi connectivity index (χ3v) is 10.9. The van der Waals surface area contributed by atoms with Crippen molar-refractivity contribution < 1.29 is 33.4 Å². The van der Waals surface area contributed by atoms with Gasteiger partial charge in [0.15, 0.2) is 0 Å². The monoisotopic (exact) mass is 844 g/mol. The number of hydrogen-bond donors (Lipinski definition) is 3.